The van der Waals surface area contributed by atoms with Crippen LogP contribution in [0.4, 0.5) is 17.1 Å². The standard InChI is InChI=1S/C15H12N4O3S/c1-8-9-6-12(17-14(20)10-4-2-3-5-16-10)13(19(21)22)7-11(9)18-15(8)23/h2-8H,1H3,(H,17,20)(H,18,23). The minimum absolute atomic E-state index is 0.0636. The summed E-state index contributed by atoms with van der Waals surface area (Å²) in [4.78, 5) is 27.5. The first kappa shape index (κ1) is 15.0. The lowest BCUT2D eigenvalue weighted by Crippen LogP contribution is -2.14. The van der Waals surface area contributed by atoms with Crippen molar-refractivity contribution in [2.45, 2.75) is 12.8 Å². The quantitative estimate of drug-likeness (QED) is 0.510. The molecule has 2 heterocycles. The van der Waals surface area contributed by atoms with Crippen molar-refractivity contribution in [3.8, 4) is 0 Å². The molecule has 116 valence electrons. The highest BCUT2D eigenvalue weighted by Crippen LogP contribution is 2.40. The van der Waals surface area contributed by atoms with Gasteiger partial charge >= 0.3 is 0 Å². The molecule has 0 aliphatic carbocycles. The van der Waals surface area contributed by atoms with Crippen LogP contribution < -0.4 is 10.6 Å². The fourth-order valence-corrected chi connectivity index (χ4v) is 2.63. The SMILES string of the molecule is CC1C(=S)Nc2cc([N+](=O)[O-])c(NC(=O)c3ccccn3)cc21. The third-order valence-electron chi connectivity index (χ3n) is 3.63. The maximum absolute atomic E-state index is 12.2. The molecular formula is C15H12N4O3S. The van der Waals surface area contributed by atoms with Gasteiger partial charge in [0.2, 0.25) is 0 Å². The number of carbonyl (C=O) groups is 1. The Hall–Kier alpha value is -2.87. The largest absolute Gasteiger partial charge is 0.349 e. The zero-order valence-electron chi connectivity index (χ0n) is 12.1. The monoisotopic (exact) mass is 328 g/mol. The van der Waals surface area contributed by atoms with Crippen molar-refractivity contribution in [2.24, 2.45) is 0 Å². The molecular weight excluding hydrogens is 316 g/mol. The van der Waals surface area contributed by atoms with E-state index in [4.69, 9.17) is 12.2 Å². The Balaban J connectivity index is 2.00. The molecule has 1 aliphatic heterocycles. The molecule has 0 spiro atoms. The molecule has 8 heteroatoms. The number of hydrogen-bond acceptors (Lipinski definition) is 5. The fourth-order valence-electron chi connectivity index (χ4n) is 2.39. The van der Waals surface area contributed by atoms with Crippen LogP contribution in [-0.2, 0) is 0 Å². The van der Waals surface area contributed by atoms with Gasteiger partial charge in [-0.05, 0) is 23.8 Å². The summed E-state index contributed by atoms with van der Waals surface area (Å²) >= 11 is 5.19. The number of nitro groups is 1. The lowest BCUT2D eigenvalue weighted by molar-refractivity contribution is -0.383. The maximum atomic E-state index is 12.2. The summed E-state index contributed by atoms with van der Waals surface area (Å²) in [6.45, 7) is 1.90. The highest BCUT2D eigenvalue weighted by Gasteiger charge is 2.29. The molecule has 1 aromatic carbocycles. The van der Waals surface area contributed by atoms with E-state index in [9.17, 15) is 14.9 Å². The van der Waals surface area contributed by atoms with Crippen molar-refractivity contribution in [1.29, 1.82) is 0 Å². The minimum Gasteiger partial charge on any atom is -0.349 e. The number of rotatable bonds is 3. The Morgan fingerprint density at radius 2 is 2.22 bits per heavy atom. The number of anilines is 2. The van der Waals surface area contributed by atoms with Crippen LogP contribution in [0.2, 0.25) is 0 Å². The van der Waals surface area contributed by atoms with Gasteiger partial charge in [0, 0.05) is 23.9 Å². The highest BCUT2D eigenvalue weighted by molar-refractivity contribution is 7.80. The smallest absolute Gasteiger partial charge is 0.294 e. The Kier molecular flexibility index (Phi) is 3.75. The second kappa shape index (κ2) is 5.73. The van der Waals surface area contributed by atoms with Crippen LogP contribution >= 0.6 is 12.2 Å². The molecule has 3 rings (SSSR count). The normalized spacial score (nSPS) is 15.7. The van der Waals surface area contributed by atoms with Crippen molar-refractivity contribution < 1.29 is 9.72 Å². The predicted octanol–water partition coefficient (Wildman–Crippen LogP) is 3.10. The summed E-state index contributed by atoms with van der Waals surface area (Å²) in [5.41, 5.74) is 1.53. The Labute approximate surface area is 136 Å². The van der Waals surface area contributed by atoms with E-state index in [0.717, 1.165) is 5.56 Å². The number of nitrogens with one attached hydrogen (secondary N) is 2. The van der Waals surface area contributed by atoms with Crippen LogP contribution in [0.3, 0.4) is 0 Å². The molecule has 2 aromatic rings. The predicted molar refractivity (Wildman–Crippen MR) is 89.9 cm³/mol. The first-order valence-electron chi connectivity index (χ1n) is 6.83. The fraction of sp³-hybridized carbons (Fsp3) is 0.133. The second-order valence-electron chi connectivity index (χ2n) is 5.09. The first-order chi connectivity index (χ1) is 11.0. The molecule has 0 bridgehead atoms. The number of benzene rings is 1. The second-order valence-corrected chi connectivity index (χ2v) is 5.53. The number of pyridine rings is 1. The van der Waals surface area contributed by atoms with Gasteiger partial charge in [0.15, 0.2) is 0 Å². The Morgan fingerprint density at radius 1 is 1.43 bits per heavy atom. The molecule has 1 unspecified atom stereocenters. The average molecular weight is 328 g/mol. The van der Waals surface area contributed by atoms with Gasteiger partial charge in [-0.15, -0.1) is 0 Å². The van der Waals surface area contributed by atoms with Gasteiger partial charge in [-0.3, -0.25) is 19.9 Å². The molecule has 1 amide bonds. The van der Waals surface area contributed by atoms with Crippen molar-refractivity contribution in [3.05, 3.63) is 57.9 Å². The molecule has 0 saturated carbocycles. The molecule has 1 aromatic heterocycles. The van der Waals surface area contributed by atoms with E-state index < -0.39 is 10.8 Å². The van der Waals surface area contributed by atoms with Gasteiger partial charge < -0.3 is 10.6 Å². The first-order valence-corrected chi connectivity index (χ1v) is 7.24. The molecule has 0 saturated heterocycles. The summed E-state index contributed by atoms with van der Waals surface area (Å²) in [5, 5.41) is 16.8. The Morgan fingerprint density at radius 3 is 2.87 bits per heavy atom. The van der Waals surface area contributed by atoms with E-state index in [0.29, 0.717) is 10.7 Å². The Bertz CT molecular complexity index is 823. The van der Waals surface area contributed by atoms with Crippen molar-refractivity contribution in [1.82, 2.24) is 4.98 Å². The number of aromatic nitrogens is 1. The number of hydrogen-bond donors (Lipinski definition) is 2. The number of carbonyl (C=O) groups excluding carboxylic acids is 1. The van der Waals surface area contributed by atoms with E-state index in [2.05, 4.69) is 15.6 Å². The van der Waals surface area contributed by atoms with E-state index in [-0.39, 0.29) is 23.0 Å². The van der Waals surface area contributed by atoms with E-state index >= 15 is 0 Å². The van der Waals surface area contributed by atoms with Crippen LogP contribution in [0, 0.1) is 10.1 Å². The summed E-state index contributed by atoms with van der Waals surface area (Å²) in [7, 11) is 0. The number of nitrogens with zero attached hydrogens (tertiary/aromatic N) is 2. The number of nitro benzene ring substituents is 1. The van der Waals surface area contributed by atoms with E-state index in [1.807, 2.05) is 6.92 Å². The highest BCUT2D eigenvalue weighted by atomic mass is 32.1. The van der Waals surface area contributed by atoms with Crippen molar-refractivity contribution in [3.63, 3.8) is 0 Å². The molecule has 2 N–H and O–H groups in total. The molecule has 23 heavy (non-hydrogen) atoms. The summed E-state index contributed by atoms with van der Waals surface area (Å²) in [6.07, 6.45) is 1.48. The molecule has 7 nitrogen and oxygen atoms in total. The lowest BCUT2D eigenvalue weighted by Gasteiger charge is -2.09. The average Bonchev–Trinajstić information content (AvgIpc) is 2.82. The third-order valence-corrected chi connectivity index (χ3v) is 4.08. The van der Waals surface area contributed by atoms with Gasteiger partial charge in [0.1, 0.15) is 11.4 Å². The van der Waals surface area contributed by atoms with Crippen LogP contribution in [0.1, 0.15) is 28.9 Å². The van der Waals surface area contributed by atoms with Crippen molar-refractivity contribution in [2.75, 3.05) is 10.6 Å². The van der Waals surface area contributed by atoms with Gasteiger partial charge in [-0.2, -0.15) is 0 Å². The van der Waals surface area contributed by atoms with Gasteiger partial charge in [0.25, 0.3) is 11.6 Å². The summed E-state index contributed by atoms with van der Waals surface area (Å²) < 4.78 is 0. The third kappa shape index (κ3) is 2.76. The van der Waals surface area contributed by atoms with Crippen LogP contribution in [0.5, 0.6) is 0 Å². The number of fused-ring (bicyclic) bond motifs is 1. The zero-order chi connectivity index (χ0) is 16.6. The van der Waals surface area contributed by atoms with Crippen LogP contribution in [-0.4, -0.2) is 20.8 Å². The summed E-state index contributed by atoms with van der Waals surface area (Å²) in [5.74, 6) is -0.568. The maximum Gasteiger partial charge on any atom is 0.294 e. The van der Waals surface area contributed by atoms with Crippen LogP contribution in [0.25, 0.3) is 0 Å². The van der Waals surface area contributed by atoms with E-state index in [1.54, 1.807) is 18.2 Å². The van der Waals surface area contributed by atoms with Crippen LogP contribution in [0.15, 0.2) is 36.5 Å². The molecule has 1 atom stereocenters. The van der Waals surface area contributed by atoms with Gasteiger partial charge in [0.05, 0.1) is 9.91 Å². The molecule has 0 radical (unpaired) electrons. The molecule has 1 aliphatic rings. The van der Waals surface area contributed by atoms with Gasteiger partial charge in [-0.25, -0.2) is 0 Å². The number of amides is 1. The lowest BCUT2D eigenvalue weighted by atomic mass is 10.0. The summed E-state index contributed by atoms with van der Waals surface area (Å²) in [6, 6.07) is 7.87. The zero-order valence-corrected chi connectivity index (χ0v) is 12.9. The van der Waals surface area contributed by atoms with Crippen molar-refractivity contribution >= 4 is 40.2 Å². The minimum atomic E-state index is -0.540. The van der Waals surface area contributed by atoms with E-state index in [1.165, 1.54) is 18.3 Å². The topological polar surface area (TPSA) is 97.2 Å². The van der Waals surface area contributed by atoms with Gasteiger partial charge in [-0.1, -0.05) is 25.2 Å². The number of thiocarbonyl (C=S) groups is 1. The molecule has 0 fully saturated rings.